The van der Waals surface area contributed by atoms with E-state index in [0.717, 1.165) is 0 Å². The van der Waals surface area contributed by atoms with Crippen molar-refractivity contribution in [3.63, 3.8) is 0 Å². The number of pyridine rings is 1. The van der Waals surface area contributed by atoms with Gasteiger partial charge in [-0.3, -0.25) is 9.59 Å². The Bertz CT molecular complexity index is 528. The lowest BCUT2D eigenvalue weighted by Gasteiger charge is -2.14. The van der Waals surface area contributed by atoms with E-state index in [-0.39, 0.29) is 30.6 Å². The van der Waals surface area contributed by atoms with Crippen molar-refractivity contribution in [2.24, 2.45) is 5.73 Å². The van der Waals surface area contributed by atoms with E-state index in [1.807, 2.05) is 6.92 Å². The number of hydrogen-bond acceptors (Lipinski definition) is 4. The first kappa shape index (κ1) is 15.7. The molecule has 20 heavy (non-hydrogen) atoms. The standard InChI is InChI=1S/C14H18N4O2/c1-3-18(2)13(19)10-17-14(20)12-7-6-11(9-16-12)5-4-8-15/h6-7,9H,3,8,10,15H2,1-2H3,(H,17,20). The van der Waals surface area contributed by atoms with Crippen molar-refractivity contribution in [3.8, 4) is 11.8 Å². The van der Waals surface area contributed by atoms with Gasteiger partial charge in [0, 0.05) is 25.4 Å². The second kappa shape index (κ2) is 7.92. The molecule has 0 spiro atoms. The summed E-state index contributed by atoms with van der Waals surface area (Å²) in [5.41, 5.74) is 6.20. The number of nitrogens with one attached hydrogen (secondary N) is 1. The third-order valence-corrected chi connectivity index (χ3v) is 2.63. The molecule has 0 radical (unpaired) electrons. The molecule has 0 unspecified atom stereocenters. The maximum atomic E-state index is 11.8. The van der Waals surface area contributed by atoms with Gasteiger partial charge in [0.05, 0.1) is 13.1 Å². The van der Waals surface area contributed by atoms with Gasteiger partial charge < -0.3 is 16.0 Å². The molecule has 2 amide bonds. The van der Waals surface area contributed by atoms with Gasteiger partial charge in [-0.05, 0) is 19.1 Å². The molecule has 0 atom stereocenters. The maximum Gasteiger partial charge on any atom is 0.270 e. The Kier molecular flexibility index (Phi) is 6.20. The van der Waals surface area contributed by atoms with Gasteiger partial charge in [-0.1, -0.05) is 11.8 Å². The van der Waals surface area contributed by atoms with Crippen LogP contribution in [-0.2, 0) is 4.79 Å². The van der Waals surface area contributed by atoms with E-state index >= 15 is 0 Å². The highest BCUT2D eigenvalue weighted by Gasteiger charge is 2.11. The topological polar surface area (TPSA) is 88.3 Å². The largest absolute Gasteiger partial charge is 0.345 e. The van der Waals surface area contributed by atoms with Crippen molar-refractivity contribution in [2.75, 3.05) is 26.7 Å². The summed E-state index contributed by atoms with van der Waals surface area (Å²) < 4.78 is 0. The van der Waals surface area contributed by atoms with Crippen LogP contribution in [0.2, 0.25) is 0 Å². The van der Waals surface area contributed by atoms with Crippen molar-refractivity contribution >= 4 is 11.8 Å². The first-order valence-corrected chi connectivity index (χ1v) is 6.25. The first-order valence-electron chi connectivity index (χ1n) is 6.25. The average Bonchev–Trinajstić information content (AvgIpc) is 2.49. The maximum absolute atomic E-state index is 11.8. The Hall–Kier alpha value is -2.39. The lowest BCUT2D eigenvalue weighted by Crippen LogP contribution is -2.38. The molecule has 6 nitrogen and oxygen atoms in total. The van der Waals surface area contributed by atoms with Crippen LogP contribution in [0.25, 0.3) is 0 Å². The number of amides is 2. The molecule has 1 aromatic rings. The van der Waals surface area contributed by atoms with Gasteiger partial charge in [-0.2, -0.15) is 0 Å². The van der Waals surface area contributed by atoms with Crippen LogP contribution in [0, 0.1) is 11.8 Å². The SMILES string of the molecule is CCN(C)C(=O)CNC(=O)c1ccc(C#CCN)cn1. The summed E-state index contributed by atoms with van der Waals surface area (Å²) in [6.45, 7) is 2.69. The van der Waals surface area contributed by atoms with Crippen LogP contribution >= 0.6 is 0 Å². The monoisotopic (exact) mass is 274 g/mol. The predicted octanol–water partition coefficient (Wildman–Crippen LogP) is -0.400. The molecular formula is C14H18N4O2. The lowest BCUT2D eigenvalue weighted by molar-refractivity contribution is -0.128. The van der Waals surface area contributed by atoms with E-state index in [0.29, 0.717) is 12.1 Å². The van der Waals surface area contributed by atoms with Crippen molar-refractivity contribution in [2.45, 2.75) is 6.92 Å². The number of aromatic nitrogens is 1. The summed E-state index contributed by atoms with van der Waals surface area (Å²) in [5, 5.41) is 2.53. The number of hydrogen-bond donors (Lipinski definition) is 2. The van der Waals surface area contributed by atoms with Crippen LogP contribution in [0.3, 0.4) is 0 Å². The summed E-state index contributed by atoms with van der Waals surface area (Å²) in [4.78, 5) is 28.8. The quantitative estimate of drug-likeness (QED) is 0.731. The predicted molar refractivity (Wildman–Crippen MR) is 75.8 cm³/mol. The fourth-order valence-electron chi connectivity index (χ4n) is 1.31. The van der Waals surface area contributed by atoms with E-state index in [1.54, 1.807) is 19.2 Å². The molecular weight excluding hydrogens is 256 g/mol. The summed E-state index contributed by atoms with van der Waals surface area (Å²) in [6, 6.07) is 3.24. The number of likely N-dealkylation sites (N-methyl/N-ethyl adjacent to an activating group) is 1. The smallest absolute Gasteiger partial charge is 0.270 e. The third kappa shape index (κ3) is 4.71. The van der Waals surface area contributed by atoms with Crippen LogP contribution in [0.5, 0.6) is 0 Å². The molecule has 0 bridgehead atoms. The molecule has 0 aliphatic rings. The second-order valence-corrected chi connectivity index (χ2v) is 4.03. The van der Waals surface area contributed by atoms with Crippen molar-refractivity contribution in [1.82, 2.24) is 15.2 Å². The van der Waals surface area contributed by atoms with E-state index in [9.17, 15) is 9.59 Å². The van der Waals surface area contributed by atoms with Crippen molar-refractivity contribution < 1.29 is 9.59 Å². The molecule has 1 heterocycles. The zero-order chi connectivity index (χ0) is 15.0. The van der Waals surface area contributed by atoms with Gasteiger partial charge in [-0.15, -0.1) is 0 Å². The minimum Gasteiger partial charge on any atom is -0.345 e. The van der Waals surface area contributed by atoms with Gasteiger partial charge in [0.15, 0.2) is 0 Å². The van der Waals surface area contributed by atoms with Gasteiger partial charge >= 0.3 is 0 Å². The van der Waals surface area contributed by atoms with Crippen LogP contribution in [0.4, 0.5) is 0 Å². The second-order valence-electron chi connectivity index (χ2n) is 4.03. The summed E-state index contributed by atoms with van der Waals surface area (Å²) in [7, 11) is 1.68. The fraction of sp³-hybridized carbons (Fsp3) is 0.357. The molecule has 3 N–H and O–H groups in total. The number of carbonyl (C=O) groups is 2. The molecule has 1 aromatic heterocycles. The minimum absolute atomic E-state index is 0.0421. The molecule has 0 saturated heterocycles. The average molecular weight is 274 g/mol. The van der Waals surface area contributed by atoms with Crippen LogP contribution in [0.1, 0.15) is 23.0 Å². The highest BCUT2D eigenvalue weighted by molar-refractivity contribution is 5.94. The number of nitrogens with two attached hydrogens (primary N) is 1. The Morgan fingerprint density at radius 2 is 2.20 bits per heavy atom. The minimum atomic E-state index is -0.388. The molecule has 0 aliphatic carbocycles. The molecule has 0 saturated carbocycles. The summed E-state index contributed by atoms with van der Waals surface area (Å²) >= 11 is 0. The molecule has 1 rings (SSSR count). The molecule has 0 aliphatic heterocycles. The number of nitrogens with zero attached hydrogens (tertiary/aromatic N) is 2. The molecule has 106 valence electrons. The zero-order valence-corrected chi connectivity index (χ0v) is 11.6. The Labute approximate surface area is 118 Å². The lowest BCUT2D eigenvalue weighted by atomic mass is 10.2. The highest BCUT2D eigenvalue weighted by atomic mass is 16.2. The Balaban J connectivity index is 2.58. The van der Waals surface area contributed by atoms with Gasteiger partial charge in [0.2, 0.25) is 5.91 Å². The summed E-state index contributed by atoms with van der Waals surface area (Å²) in [5.74, 6) is 4.98. The van der Waals surface area contributed by atoms with E-state index < -0.39 is 0 Å². The van der Waals surface area contributed by atoms with E-state index in [2.05, 4.69) is 22.1 Å². The molecule has 0 aromatic carbocycles. The molecule has 6 heteroatoms. The Morgan fingerprint density at radius 3 is 2.75 bits per heavy atom. The first-order chi connectivity index (χ1) is 9.58. The van der Waals surface area contributed by atoms with Gasteiger partial charge in [0.1, 0.15) is 5.69 Å². The van der Waals surface area contributed by atoms with Crippen LogP contribution < -0.4 is 11.1 Å². The molecule has 0 fully saturated rings. The third-order valence-electron chi connectivity index (χ3n) is 2.63. The van der Waals surface area contributed by atoms with E-state index in [4.69, 9.17) is 5.73 Å². The fourth-order valence-corrected chi connectivity index (χ4v) is 1.31. The van der Waals surface area contributed by atoms with Crippen LogP contribution in [-0.4, -0.2) is 48.4 Å². The summed E-state index contributed by atoms with van der Waals surface area (Å²) in [6.07, 6.45) is 1.50. The number of carbonyl (C=O) groups excluding carboxylic acids is 2. The van der Waals surface area contributed by atoms with Crippen LogP contribution in [0.15, 0.2) is 18.3 Å². The highest BCUT2D eigenvalue weighted by Crippen LogP contribution is 1.98. The van der Waals surface area contributed by atoms with Crippen molar-refractivity contribution in [3.05, 3.63) is 29.6 Å². The zero-order valence-electron chi connectivity index (χ0n) is 11.6. The van der Waals surface area contributed by atoms with E-state index in [1.165, 1.54) is 11.1 Å². The van der Waals surface area contributed by atoms with Gasteiger partial charge in [0.25, 0.3) is 5.91 Å². The Morgan fingerprint density at radius 1 is 1.45 bits per heavy atom. The van der Waals surface area contributed by atoms with Gasteiger partial charge in [-0.25, -0.2) is 4.98 Å². The normalized spacial score (nSPS) is 9.35. The van der Waals surface area contributed by atoms with Crippen molar-refractivity contribution in [1.29, 1.82) is 0 Å². The number of rotatable bonds is 4.